The van der Waals surface area contributed by atoms with E-state index in [-0.39, 0.29) is 28.7 Å². The second-order valence-electron chi connectivity index (χ2n) is 10.1. The van der Waals surface area contributed by atoms with Crippen molar-refractivity contribution in [3.05, 3.63) is 101 Å². The predicted molar refractivity (Wildman–Crippen MR) is 152 cm³/mol. The number of carbonyl (C=O) groups is 3. The van der Waals surface area contributed by atoms with Crippen LogP contribution in [0.4, 0.5) is 13.2 Å². The highest BCUT2D eigenvalue weighted by Gasteiger charge is 2.70. The Morgan fingerprint density at radius 1 is 0.907 bits per heavy atom. The Morgan fingerprint density at radius 3 is 2.12 bits per heavy atom. The zero-order valence-electron chi connectivity index (χ0n) is 24.2. The summed E-state index contributed by atoms with van der Waals surface area (Å²) >= 11 is 0. The van der Waals surface area contributed by atoms with Crippen molar-refractivity contribution in [2.75, 3.05) is 14.2 Å². The number of ether oxygens (including phenoxy) is 3. The molecule has 1 N–H and O–H groups in total. The molecule has 226 valence electrons. The maximum atomic E-state index is 15.3. The van der Waals surface area contributed by atoms with Crippen molar-refractivity contribution in [2.24, 2.45) is 0 Å². The van der Waals surface area contributed by atoms with Crippen LogP contribution >= 0.6 is 0 Å². The third kappa shape index (κ3) is 5.79. The van der Waals surface area contributed by atoms with Gasteiger partial charge in [0, 0.05) is 22.4 Å². The first-order chi connectivity index (χ1) is 20.3. The number of allylic oxidation sites excluding steroid dienone is 1. The highest BCUT2D eigenvalue weighted by atomic mass is 19.4. The molecule has 3 aromatic carbocycles. The van der Waals surface area contributed by atoms with E-state index in [1.807, 2.05) is 5.32 Å². The molecule has 4 rings (SSSR count). The summed E-state index contributed by atoms with van der Waals surface area (Å²) in [4.78, 5) is 42.1. The average Bonchev–Trinajstić information content (AvgIpc) is 3.18. The minimum absolute atomic E-state index is 0.0801. The number of hydrogen-bond donors (Lipinski definition) is 1. The van der Waals surface area contributed by atoms with Gasteiger partial charge in [0.25, 0.3) is 11.8 Å². The number of nitrogens with zero attached hydrogens (tertiary/aromatic N) is 1. The molecule has 0 bridgehead atoms. The van der Waals surface area contributed by atoms with Gasteiger partial charge in [0.05, 0.1) is 32.4 Å². The number of rotatable bonds is 10. The lowest BCUT2D eigenvalue weighted by Crippen LogP contribution is -2.66. The molecule has 0 spiro atoms. The summed E-state index contributed by atoms with van der Waals surface area (Å²) in [5.74, 6) is -2.87. The summed E-state index contributed by atoms with van der Waals surface area (Å²) in [7, 11) is 2.76. The highest BCUT2D eigenvalue weighted by molar-refractivity contribution is 6.19. The van der Waals surface area contributed by atoms with Crippen molar-refractivity contribution in [1.82, 2.24) is 10.2 Å². The molecule has 0 saturated carbocycles. The third-order valence-corrected chi connectivity index (χ3v) is 7.00. The van der Waals surface area contributed by atoms with Gasteiger partial charge in [-0.15, -0.1) is 0 Å². The van der Waals surface area contributed by atoms with E-state index in [0.717, 1.165) is 4.90 Å². The number of ketones is 1. The molecule has 11 heteroatoms. The molecule has 1 aliphatic heterocycles. The minimum Gasteiger partial charge on any atom is -0.493 e. The van der Waals surface area contributed by atoms with Crippen LogP contribution in [-0.4, -0.2) is 54.5 Å². The van der Waals surface area contributed by atoms with Gasteiger partial charge < -0.3 is 24.4 Å². The van der Waals surface area contributed by atoms with Crippen molar-refractivity contribution in [3.63, 3.8) is 0 Å². The molecule has 0 aromatic heterocycles. The molecule has 0 unspecified atom stereocenters. The monoisotopic (exact) mass is 596 g/mol. The fourth-order valence-electron chi connectivity index (χ4n) is 5.02. The topological polar surface area (TPSA) is 94.2 Å². The molecule has 3 aromatic rings. The summed E-state index contributed by atoms with van der Waals surface area (Å²) in [6, 6.07) is 17.5. The van der Waals surface area contributed by atoms with Crippen LogP contribution in [0.2, 0.25) is 0 Å². The smallest absolute Gasteiger partial charge is 0.425 e. The molecular formula is C32H31F3N2O6. The summed E-state index contributed by atoms with van der Waals surface area (Å²) in [5.41, 5.74) is -4.76. The van der Waals surface area contributed by atoms with Crippen LogP contribution in [0.1, 0.15) is 47.1 Å². The Morgan fingerprint density at radius 2 is 1.56 bits per heavy atom. The first-order valence-corrected chi connectivity index (χ1v) is 13.3. The van der Waals surface area contributed by atoms with E-state index < -0.39 is 41.4 Å². The molecule has 1 aliphatic rings. The number of benzene rings is 3. The Bertz CT molecular complexity index is 1550. The van der Waals surface area contributed by atoms with E-state index in [9.17, 15) is 14.4 Å². The van der Waals surface area contributed by atoms with Gasteiger partial charge in [0.15, 0.2) is 17.3 Å². The van der Waals surface area contributed by atoms with Crippen LogP contribution in [0, 0.1) is 0 Å². The van der Waals surface area contributed by atoms with Gasteiger partial charge in [-0.25, -0.2) is 0 Å². The molecule has 0 aliphatic carbocycles. The van der Waals surface area contributed by atoms with Gasteiger partial charge in [-0.05, 0) is 51.1 Å². The second kappa shape index (κ2) is 12.2. The Balaban J connectivity index is 1.86. The number of amides is 2. The predicted octanol–water partition coefficient (Wildman–Crippen LogP) is 5.72. The second-order valence-corrected chi connectivity index (χ2v) is 10.1. The third-order valence-electron chi connectivity index (χ3n) is 7.00. The lowest BCUT2D eigenvalue weighted by molar-refractivity contribution is -0.189. The summed E-state index contributed by atoms with van der Waals surface area (Å²) in [6.07, 6.45) is -5.58. The van der Waals surface area contributed by atoms with E-state index in [2.05, 4.69) is 0 Å². The highest BCUT2D eigenvalue weighted by Crippen LogP contribution is 2.47. The SMILES string of the molecule is COc1cccc(CN2C(=O)[C@@](NC(=O)c3ccc(OC(C)C)cc3)(C(F)(F)F)C(C(=O)c3ccccc3)=C2C)c1OC. The van der Waals surface area contributed by atoms with Crippen LogP contribution in [0.15, 0.2) is 84.1 Å². The lowest BCUT2D eigenvalue weighted by atomic mass is 9.84. The molecule has 43 heavy (non-hydrogen) atoms. The van der Waals surface area contributed by atoms with Crippen LogP contribution in [0.25, 0.3) is 0 Å². The zero-order valence-corrected chi connectivity index (χ0v) is 24.2. The zero-order chi connectivity index (χ0) is 31.5. The average molecular weight is 597 g/mol. The molecule has 0 saturated heterocycles. The number of hydrogen-bond acceptors (Lipinski definition) is 6. The first-order valence-electron chi connectivity index (χ1n) is 13.3. The fourth-order valence-corrected chi connectivity index (χ4v) is 5.02. The molecule has 1 heterocycles. The van der Waals surface area contributed by atoms with E-state index in [0.29, 0.717) is 17.1 Å². The van der Waals surface area contributed by atoms with E-state index in [4.69, 9.17) is 14.2 Å². The normalized spacial score (nSPS) is 16.9. The molecule has 8 nitrogen and oxygen atoms in total. The van der Waals surface area contributed by atoms with E-state index >= 15 is 13.2 Å². The van der Waals surface area contributed by atoms with Crippen LogP contribution < -0.4 is 19.5 Å². The van der Waals surface area contributed by atoms with Gasteiger partial charge in [-0.2, -0.15) is 13.2 Å². The number of carbonyl (C=O) groups excluding carboxylic acids is 3. The summed E-state index contributed by atoms with van der Waals surface area (Å²) < 4.78 is 62.2. The number of alkyl halides is 3. The number of methoxy groups -OCH3 is 2. The number of nitrogens with one attached hydrogen (secondary N) is 1. The van der Waals surface area contributed by atoms with Gasteiger partial charge in [-0.1, -0.05) is 42.5 Å². The minimum atomic E-state index is -5.41. The fraction of sp³-hybridized carbons (Fsp3) is 0.281. The number of Topliss-reactive ketones (excluding diaryl/α,β-unsaturated/α-hetero) is 1. The maximum absolute atomic E-state index is 15.3. The van der Waals surface area contributed by atoms with Gasteiger partial charge in [0.2, 0.25) is 5.54 Å². The summed E-state index contributed by atoms with van der Waals surface area (Å²) in [5, 5.41) is 1.93. The van der Waals surface area contributed by atoms with E-state index in [1.54, 1.807) is 38.1 Å². The van der Waals surface area contributed by atoms with Crippen molar-refractivity contribution in [1.29, 1.82) is 0 Å². The van der Waals surface area contributed by atoms with Crippen LogP contribution in [0.5, 0.6) is 17.2 Å². The first kappa shape index (κ1) is 31.1. The molecule has 0 radical (unpaired) electrons. The number of para-hydroxylation sites is 1. The molecule has 0 fully saturated rings. The van der Waals surface area contributed by atoms with Crippen LogP contribution in [0.3, 0.4) is 0 Å². The van der Waals surface area contributed by atoms with E-state index in [1.165, 1.54) is 69.7 Å². The summed E-state index contributed by atoms with van der Waals surface area (Å²) in [6.45, 7) is 4.45. The van der Waals surface area contributed by atoms with Crippen molar-refractivity contribution >= 4 is 17.6 Å². The molecule has 2 amide bonds. The quantitative estimate of drug-likeness (QED) is 0.301. The maximum Gasteiger partial charge on any atom is 0.425 e. The number of halogens is 3. The van der Waals surface area contributed by atoms with Crippen molar-refractivity contribution in [3.8, 4) is 17.2 Å². The standard InChI is InChI=1S/C32H31F3N2O6/c1-19(2)43-24-16-14-22(15-17-24)29(39)36-31(32(33,34)35)26(27(38)21-10-7-6-8-11-21)20(3)37(30(31)40)18-23-12-9-13-25(41-4)28(23)42-5/h6-17,19H,18H2,1-5H3,(H,36,39)/t31-/m1/s1. The Labute approximate surface area is 247 Å². The van der Waals surface area contributed by atoms with Gasteiger partial charge >= 0.3 is 6.18 Å². The van der Waals surface area contributed by atoms with Crippen LogP contribution in [-0.2, 0) is 11.3 Å². The Hall–Kier alpha value is -4.80. The van der Waals surface area contributed by atoms with Gasteiger partial charge in [0.1, 0.15) is 5.75 Å². The van der Waals surface area contributed by atoms with Crippen molar-refractivity contribution < 1.29 is 41.8 Å². The molecule has 1 atom stereocenters. The van der Waals surface area contributed by atoms with Crippen molar-refractivity contribution in [2.45, 2.75) is 45.1 Å². The Kier molecular flexibility index (Phi) is 8.84. The largest absolute Gasteiger partial charge is 0.493 e. The van der Waals surface area contributed by atoms with Gasteiger partial charge in [-0.3, -0.25) is 14.4 Å². The molecular weight excluding hydrogens is 565 g/mol. The lowest BCUT2D eigenvalue weighted by Gasteiger charge is -2.33.